The Bertz CT molecular complexity index is 360. The molecule has 4 nitrogen and oxygen atoms in total. The van der Waals surface area contributed by atoms with E-state index in [1.165, 1.54) is 17.9 Å². The van der Waals surface area contributed by atoms with E-state index in [1.54, 1.807) is 7.11 Å². The van der Waals surface area contributed by atoms with Gasteiger partial charge in [0.25, 0.3) is 0 Å². The molecule has 0 radical (unpaired) electrons. The van der Waals surface area contributed by atoms with Gasteiger partial charge in [0.05, 0.1) is 35.6 Å². The standard InChI is InChI=1S/C13H24BrN3OS/c1-4-8-19-10-12(15-5-2)13-11(14)9-16-17(13)6-7-18-3/h9,12,15H,4-8,10H2,1-3H3. The molecule has 0 aliphatic heterocycles. The topological polar surface area (TPSA) is 39.1 Å². The van der Waals surface area contributed by atoms with Crippen molar-refractivity contribution in [3.63, 3.8) is 0 Å². The predicted molar refractivity (Wildman–Crippen MR) is 85.8 cm³/mol. The van der Waals surface area contributed by atoms with E-state index in [9.17, 15) is 0 Å². The van der Waals surface area contributed by atoms with Crippen LogP contribution in [0.15, 0.2) is 10.7 Å². The molecule has 1 heterocycles. The van der Waals surface area contributed by atoms with Gasteiger partial charge in [0.15, 0.2) is 0 Å². The first kappa shape index (κ1) is 17.0. The molecule has 0 aliphatic carbocycles. The minimum absolute atomic E-state index is 0.329. The van der Waals surface area contributed by atoms with Gasteiger partial charge in [-0.1, -0.05) is 13.8 Å². The molecule has 0 bridgehead atoms. The van der Waals surface area contributed by atoms with Crippen molar-refractivity contribution in [2.45, 2.75) is 32.9 Å². The smallest absolute Gasteiger partial charge is 0.0705 e. The predicted octanol–water partition coefficient (Wildman–Crippen LogP) is 3.09. The normalized spacial score (nSPS) is 12.8. The van der Waals surface area contributed by atoms with E-state index in [4.69, 9.17) is 4.74 Å². The lowest BCUT2D eigenvalue weighted by atomic mass is 10.2. The van der Waals surface area contributed by atoms with Crippen molar-refractivity contribution in [3.8, 4) is 0 Å². The number of nitrogens with one attached hydrogen (secondary N) is 1. The van der Waals surface area contributed by atoms with Crippen LogP contribution >= 0.6 is 27.7 Å². The summed E-state index contributed by atoms with van der Waals surface area (Å²) in [6.45, 7) is 6.79. The van der Waals surface area contributed by atoms with Gasteiger partial charge >= 0.3 is 0 Å². The number of aromatic nitrogens is 2. The van der Waals surface area contributed by atoms with Crippen molar-refractivity contribution >= 4 is 27.7 Å². The van der Waals surface area contributed by atoms with E-state index in [0.29, 0.717) is 12.6 Å². The fourth-order valence-corrected chi connectivity index (χ4v) is 3.44. The Kier molecular flexibility index (Phi) is 8.77. The van der Waals surface area contributed by atoms with Gasteiger partial charge in [0.1, 0.15) is 0 Å². The van der Waals surface area contributed by atoms with Gasteiger partial charge in [0, 0.05) is 12.9 Å². The first-order valence-corrected chi connectivity index (χ1v) is 8.70. The van der Waals surface area contributed by atoms with Crippen LogP contribution in [0.5, 0.6) is 0 Å². The summed E-state index contributed by atoms with van der Waals surface area (Å²) < 4.78 is 8.26. The molecular formula is C13H24BrN3OS. The third-order valence-corrected chi connectivity index (χ3v) is 4.63. The van der Waals surface area contributed by atoms with Crippen LogP contribution in [-0.2, 0) is 11.3 Å². The maximum Gasteiger partial charge on any atom is 0.0705 e. The third kappa shape index (κ3) is 5.45. The maximum absolute atomic E-state index is 5.15. The summed E-state index contributed by atoms with van der Waals surface area (Å²) in [6, 6.07) is 0.329. The highest BCUT2D eigenvalue weighted by Gasteiger charge is 2.19. The largest absolute Gasteiger partial charge is 0.383 e. The lowest BCUT2D eigenvalue weighted by Gasteiger charge is -2.20. The summed E-state index contributed by atoms with van der Waals surface area (Å²) in [4.78, 5) is 0. The summed E-state index contributed by atoms with van der Waals surface area (Å²) >= 11 is 5.60. The number of methoxy groups -OCH3 is 1. The molecule has 0 saturated heterocycles. The molecule has 6 heteroatoms. The monoisotopic (exact) mass is 349 g/mol. The SMILES string of the molecule is CCCSCC(NCC)c1c(Br)cnn1CCOC. The van der Waals surface area contributed by atoms with Gasteiger partial charge < -0.3 is 10.1 Å². The zero-order chi connectivity index (χ0) is 14.1. The Balaban J connectivity index is 2.77. The summed E-state index contributed by atoms with van der Waals surface area (Å²) in [5, 5.41) is 7.97. The minimum atomic E-state index is 0.329. The van der Waals surface area contributed by atoms with Crippen LogP contribution < -0.4 is 5.32 Å². The van der Waals surface area contributed by atoms with Crippen LogP contribution in [0.3, 0.4) is 0 Å². The second-order valence-electron chi connectivity index (χ2n) is 4.28. The first-order chi connectivity index (χ1) is 9.24. The average molecular weight is 350 g/mol. The van der Waals surface area contributed by atoms with Crippen LogP contribution in [0.1, 0.15) is 32.0 Å². The van der Waals surface area contributed by atoms with Crippen molar-refractivity contribution in [1.29, 1.82) is 0 Å². The van der Waals surface area contributed by atoms with Crippen molar-refractivity contribution in [1.82, 2.24) is 15.1 Å². The Morgan fingerprint density at radius 1 is 1.53 bits per heavy atom. The molecule has 0 saturated carbocycles. The average Bonchev–Trinajstić information content (AvgIpc) is 2.77. The first-order valence-electron chi connectivity index (χ1n) is 6.75. The van der Waals surface area contributed by atoms with E-state index >= 15 is 0 Å². The fraction of sp³-hybridized carbons (Fsp3) is 0.769. The van der Waals surface area contributed by atoms with Crippen LogP contribution in [-0.4, -0.2) is 41.5 Å². The van der Waals surface area contributed by atoms with Crippen molar-refractivity contribution in [2.75, 3.05) is 31.8 Å². The van der Waals surface area contributed by atoms with E-state index in [0.717, 1.165) is 23.3 Å². The summed E-state index contributed by atoms with van der Waals surface area (Å²) in [5.41, 5.74) is 1.22. The van der Waals surface area contributed by atoms with Crippen LogP contribution in [0.25, 0.3) is 0 Å². The van der Waals surface area contributed by atoms with Crippen molar-refractivity contribution in [3.05, 3.63) is 16.4 Å². The van der Waals surface area contributed by atoms with Gasteiger partial charge in [-0.25, -0.2) is 0 Å². The van der Waals surface area contributed by atoms with Crippen molar-refractivity contribution < 1.29 is 4.74 Å². The minimum Gasteiger partial charge on any atom is -0.383 e. The number of halogens is 1. The lowest BCUT2D eigenvalue weighted by Crippen LogP contribution is -2.27. The zero-order valence-corrected chi connectivity index (χ0v) is 14.4. The molecule has 1 unspecified atom stereocenters. The van der Waals surface area contributed by atoms with E-state index in [-0.39, 0.29) is 0 Å². The Hall–Kier alpha value is -0.0400. The zero-order valence-electron chi connectivity index (χ0n) is 12.0. The molecule has 1 atom stereocenters. The molecule has 0 spiro atoms. The van der Waals surface area contributed by atoms with Gasteiger partial charge in [-0.3, -0.25) is 4.68 Å². The molecular weight excluding hydrogens is 326 g/mol. The van der Waals surface area contributed by atoms with Crippen LogP contribution in [0.4, 0.5) is 0 Å². The van der Waals surface area contributed by atoms with E-state index < -0.39 is 0 Å². The van der Waals surface area contributed by atoms with Gasteiger partial charge in [-0.2, -0.15) is 16.9 Å². The number of thioether (sulfide) groups is 1. The molecule has 1 aromatic heterocycles. The second-order valence-corrected chi connectivity index (χ2v) is 6.28. The van der Waals surface area contributed by atoms with Crippen LogP contribution in [0.2, 0.25) is 0 Å². The Morgan fingerprint density at radius 2 is 2.32 bits per heavy atom. The lowest BCUT2D eigenvalue weighted by molar-refractivity contribution is 0.182. The quantitative estimate of drug-likeness (QED) is 0.659. The fourth-order valence-electron chi connectivity index (χ4n) is 1.90. The van der Waals surface area contributed by atoms with Gasteiger partial charge in [0.2, 0.25) is 0 Å². The summed E-state index contributed by atoms with van der Waals surface area (Å²) in [7, 11) is 1.72. The molecule has 110 valence electrons. The molecule has 1 N–H and O–H groups in total. The molecule has 0 aliphatic rings. The molecule has 0 aromatic carbocycles. The Morgan fingerprint density at radius 3 is 2.95 bits per heavy atom. The number of nitrogens with zero attached hydrogens (tertiary/aromatic N) is 2. The van der Waals surface area contributed by atoms with Gasteiger partial charge in [-0.05, 0) is 34.6 Å². The number of hydrogen-bond acceptors (Lipinski definition) is 4. The summed E-state index contributed by atoms with van der Waals surface area (Å²) in [5.74, 6) is 2.27. The number of ether oxygens (including phenoxy) is 1. The van der Waals surface area contributed by atoms with Crippen LogP contribution in [0, 0.1) is 0 Å². The Labute approximate surface area is 128 Å². The molecule has 1 rings (SSSR count). The molecule has 1 aromatic rings. The maximum atomic E-state index is 5.15. The molecule has 0 amide bonds. The molecule has 19 heavy (non-hydrogen) atoms. The number of hydrogen-bond donors (Lipinski definition) is 1. The van der Waals surface area contributed by atoms with Gasteiger partial charge in [-0.15, -0.1) is 0 Å². The number of rotatable bonds is 10. The highest BCUT2D eigenvalue weighted by Crippen LogP contribution is 2.26. The third-order valence-electron chi connectivity index (χ3n) is 2.75. The highest BCUT2D eigenvalue weighted by atomic mass is 79.9. The van der Waals surface area contributed by atoms with Crippen molar-refractivity contribution in [2.24, 2.45) is 0 Å². The van der Waals surface area contributed by atoms with E-state index in [2.05, 4.69) is 40.2 Å². The highest BCUT2D eigenvalue weighted by molar-refractivity contribution is 9.10. The van der Waals surface area contributed by atoms with E-state index in [1.807, 2.05) is 22.6 Å². The summed E-state index contributed by atoms with van der Waals surface area (Å²) in [6.07, 6.45) is 3.09. The second kappa shape index (κ2) is 9.80. The molecule has 0 fully saturated rings.